The molecule has 1 atom stereocenters. The van der Waals surface area contributed by atoms with Gasteiger partial charge in [-0.05, 0) is 5.56 Å². The number of aliphatic carboxylic acids is 1. The van der Waals surface area contributed by atoms with Crippen molar-refractivity contribution in [1.29, 1.82) is 0 Å². The fourth-order valence-electron chi connectivity index (χ4n) is 1.13. The monoisotopic (exact) mass is 252 g/mol. The number of carbonyl (C=O) groups is 1. The number of rotatable bonds is 3. The molecular formula is C9H9KO6. The van der Waals surface area contributed by atoms with Gasteiger partial charge in [0.15, 0.2) is 0 Å². The van der Waals surface area contributed by atoms with Crippen molar-refractivity contribution >= 4 is 5.97 Å². The number of carbonyl (C=O) groups excluding carboxylic acids is 1. The van der Waals surface area contributed by atoms with Crippen LogP contribution in [0.2, 0.25) is 0 Å². The number of carboxylic acid groups (broad SMARTS) is 1. The van der Waals surface area contributed by atoms with E-state index < -0.39 is 23.1 Å². The second-order valence-corrected chi connectivity index (χ2v) is 3.00. The third kappa shape index (κ3) is 2.89. The zero-order valence-electron chi connectivity index (χ0n) is 8.49. The van der Waals surface area contributed by atoms with Gasteiger partial charge in [0.1, 0.15) is 0 Å². The molecule has 0 radical (unpaired) electrons. The van der Waals surface area contributed by atoms with Gasteiger partial charge in [0.25, 0.3) is 0 Å². The molecule has 0 aromatic heterocycles. The summed E-state index contributed by atoms with van der Waals surface area (Å²) in [5.41, 5.74) is -3.70. The Morgan fingerprint density at radius 2 is 1.50 bits per heavy atom. The maximum Gasteiger partial charge on any atom is 1.00 e. The van der Waals surface area contributed by atoms with Gasteiger partial charge >= 0.3 is 57.4 Å². The van der Waals surface area contributed by atoms with E-state index in [-0.39, 0.29) is 51.4 Å². The summed E-state index contributed by atoms with van der Waals surface area (Å²) in [5.74, 6) is -6.05. The molecule has 1 unspecified atom stereocenters. The first-order valence-electron chi connectivity index (χ1n) is 3.96. The Hall–Kier alpha value is 0.166. The Balaban J connectivity index is 0.00000225. The number of hydrogen-bond acceptors (Lipinski definition) is 6. The minimum atomic E-state index is -3.83. The van der Waals surface area contributed by atoms with Gasteiger partial charge in [0, 0.05) is 0 Å². The Kier molecular flexibility index (Phi) is 5.73. The van der Waals surface area contributed by atoms with Gasteiger partial charge in [-0.2, -0.15) is 0 Å². The zero-order chi connectivity index (χ0) is 11.7. The first-order chi connectivity index (χ1) is 6.80. The quantitative estimate of drug-likeness (QED) is 0.314. The molecule has 1 aromatic carbocycles. The maximum absolute atomic E-state index is 10.6. The smallest absolute Gasteiger partial charge is 0.546 e. The first-order valence-corrected chi connectivity index (χ1v) is 3.96. The molecule has 1 aromatic rings. The van der Waals surface area contributed by atoms with Crippen LogP contribution in [0.1, 0.15) is 5.56 Å². The van der Waals surface area contributed by atoms with Crippen LogP contribution in [0.5, 0.6) is 0 Å². The largest absolute Gasteiger partial charge is 1.00 e. The molecule has 6 nitrogen and oxygen atoms in total. The van der Waals surface area contributed by atoms with Gasteiger partial charge in [-0.3, -0.25) is 0 Å². The number of hydrogen-bond donors (Lipinski definition) is 4. The predicted octanol–water partition coefficient (Wildman–Crippen LogP) is -5.74. The van der Waals surface area contributed by atoms with Crippen LogP contribution in [0.25, 0.3) is 0 Å². The SMILES string of the molecule is O=C([O-])C(O)(c1ccccc1)C(O)(O)O.[K+]. The average molecular weight is 252 g/mol. The van der Waals surface area contributed by atoms with Crippen LogP contribution in [0, 0.1) is 0 Å². The van der Waals surface area contributed by atoms with Crippen LogP contribution in [-0.2, 0) is 10.4 Å². The van der Waals surface area contributed by atoms with E-state index >= 15 is 0 Å². The summed E-state index contributed by atoms with van der Waals surface area (Å²) in [7, 11) is 0. The van der Waals surface area contributed by atoms with Gasteiger partial charge in [-0.15, -0.1) is 0 Å². The molecule has 0 bridgehead atoms. The molecule has 0 saturated heterocycles. The van der Waals surface area contributed by atoms with E-state index in [4.69, 9.17) is 15.3 Å². The van der Waals surface area contributed by atoms with Crippen LogP contribution in [0.15, 0.2) is 30.3 Å². The van der Waals surface area contributed by atoms with Crippen molar-refractivity contribution in [2.45, 2.75) is 11.6 Å². The summed E-state index contributed by atoms with van der Waals surface area (Å²) in [6.07, 6.45) is 0. The summed E-state index contributed by atoms with van der Waals surface area (Å²) in [4.78, 5) is 10.6. The Labute approximate surface area is 134 Å². The predicted molar refractivity (Wildman–Crippen MR) is 44.7 cm³/mol. The van der Waals surface area contributed by atoms with Crippen molar-refractivity contribution < 1.29 is 81.7 Å². The number of aliphatic hydroxyl groups is 4. The van der Waals surface area contributed by atoms with Gasteiger partial charge < -0.3 is 30.3 Å². The molecule has 0 aliphatic heterocycles. The summed E-state index contributed by atoms with van der Waals surface area (Å²) >= 11 is 0. The molecule has 4 N–H and O–H groups in total. The molecule has 0 aliphatic rings. The van der Waals surface area contributed by atoms with Crippen molar-refractivity contribution in [1.82, 2.24) is 0 Å². The molecule has 82 valence electrons. The van der Waals surface area contributed by atoms with Gasteiger partial charge in [-0.25, -0.2) is 0 Å². The van der Waals surface area contributed by atoms with Crippen LogP contribution in [-0.4, -0.2) is 32.4 Å². The van der Waals surface area contributed by atoms with Crippen LogP contribution in [0.3, 0.4) is 0 Å². The van der Waals surface area contributed by atoms with Crippen LogP contribution in [0.4, 0.5) is 0 Å². The molecule has 0 amide bonds. The van der Waals surface area contributed by atoms with Gasteiger partial charge in [0.05, 0.1) is 5.97 Å². The maximum atomic E-state index is 10.6. The third-order valence-electron chi connectivity index (χ3n) is 1.97. The molecular weight excluding hydrogens is 243 g/mol. The van der Waals surface area contributed by atoms with Crippen molar-refractivity contribution in [3.8, 4) is 0 Å². The van der Waals surface area contributed by atoms with E-state index in [9.17, 15) is 15.0 Å². The molecule has 0 aliphatic carbocycles. The molecule has 0 fully saturated rings. The Morgan fingerprint density at radius 3 is 1.81 bits per heavy atom. The van der Waals surface area contributed by atoms with E-state index in [0.717, 1.165) is 12.1 Å². The third-order valence-corrected chi connectivity index (χ3v) is 1.97. The summed E-state index contributed by atoms with van der Waals surface area (Å²) in [6.45, 7) is 0. The Morgan fingerprint density at radius 1 is 1.06 bits per heavy atom. The van der Waals surface area contributed by atoms with Crippen LogP contribution < -0.4 is 56.5 Å². The van der Waals surface area contributed by atoms with Crippen molar-refractivity contribution in [2.24, 2.45) is 0 Å². The summed E-state index contributed by atoms with van der Waals surface area (Å²) in [6, 6.07) is 6.44. The Bertz CT molecular complexity index is 360. The number of carboxylic acids is 1. The van der Waals surface area contributed by atoms with Crippen molar-refractivity contribution in [3.63, 3.8) is 0 Å². The molecule has 0 heterocycles. The average Bonchev–Trinajstić information content (AvgIpc) is 2.16. The normalized spacial score (nSPS) is 14.8. The van der Waals surface area contributed by atoms with Gasteiger partial charge in [0.2, 0.25) is 5.60 Å². The second-order valence-electron chi connectivity index (χ2n) is 3.00. The second kappa shape index (κ2) is 5.67. The molecule has 16 heavy (non-hydrogen) atoms. The van der Waals surface area contributed by atoms with E-state index in [1.165, 1.54) is 18.2 Å². The van der Waals surface area contributed by atoms with E-state index in [1.807, 2.05) is 0 Å². The fourth-order valence-corrected chi connectivity index (χ4v) is 1.13. The topological polar surface area (TPSA) is 121 Å². The standard InChI is InChI=1S/C9H10O6.K/c10-7(11)8(12,9(13,14)15)6-4-2-1-3-5-6;/h1-5,12-15H,(H,10,11);/q;+1/p-1. The summed E-state index contributed by atoms with van der Waals surface area (Å²) < 4.78 is 0. The van der Waals surface area contributed by atoms with E-state index in [2.05, 4.69) is 0 Å². The van der Waals surface area contributed by atoms with Gasteiger partial charge in [-0.1, -0.05) is 30.3 Å². The summed E-state index contributed by atoms with van der Waals surface area (Å²) in [5, 5.41) is 46.5. The van der Waals surface area contributed by atoms with Crippen molar-refractivity contribution in [2.75, 3.05) is 0 Å². The van der Waals surface area contributed by atoms with E-state index in [0.29, 0.717) is 0 Å². The first kappa shape index (κ1) is 16.2. The molecule has 0 spiro atoms. The molecule has 7 heteroatoms. The minimum absolute atomic E-state index is 0. The molecule has 0 saturated carbocycles. The van der Waals surface area contributed by atoms with Crippen LogP contribution >= 0.6 is 0 Å². The molecule has 1 rings (SSSR count). The number of benzene rings is 1. The van der Waals surface area contributed by atoms with Crippen molar-refractivity contribution in [3.05, 3.63) is 35.9 Å². The van der Waals surface area contributed by atoms with E-state index in [1.54, 1.807) is 0 Å². The zero-order valence-corrected chi connectivity index (χ0v) is 11.6. The minimum Gasteiger partial charge on any atom is -0.546 e. The fraction of sp³-hybridized carbons (Fsp3) is 0.222.